The van der Waals surface area contributed by atoms with Crippen LogP contribution in [-0.2, 0) is 20.9 Å². The molecule has 0 bridgehead atoms. The second-order valence-corrected chi connectivity index (χ2v) is 11.9. The maximum Gasteiger partial charge on any atom is 0.418 e. The third-order valence-corrected chi connectivity index (χ3v) is 9.53. The number of aromatic nitrogens is 2. The molecule has 0 saturated carbocycles. The van der Waals surface area contributed by atoms with Crippen LogP contribution in [-0.4, -0.2) is 85.8 Å². The second kappa shape index (κ2) is 9.98. The van der Waals surface area contributed by atoms with Gasteiger partial charge in [0.2, 0.25) is 10.0 Å². The number of ether oxygens (including phenoxy) is 3. The summed E-state index contributed by atoms with van der Waals surface area (Å²) in [6, 6.07) is 4.17. The van der Waals surface area contributed by atoms with Crippen LogP contribution in [0.3, 0.4) is 0 Å². The van der Waals surface area contributed by atoms with E-state index in [2.05, 4.69) is 9.88 Å². The average molecular weight is 583 g/mol. The average Bonchev–Trinajstić information content (AvgIpc) is 3.33. The van der Waals surface area contributed by atoms with Crippen LogP contribution in [0.2, 0.25) is 0 Å². The van der Waals surface area contributed by atoms with Gasteiger partial charge in [0, 0.05) is 50.2 Å². The first kappa shape index (κ1) is 26.9. The monoisotopic (exact) mass is 582 g/mol. The number of benzene rings is 1. The minimum absolute atomic E-state index is 0.00366. The van der Waals surface area contributed by atoms with Crippen molar-refractivity contribution in [2.75, 3.05) is 64.1 Å². The molecule has 15 heteroatoms. The Morgan fingerprint density at radius 2 is 1.62 bits per heavy atom. The molecule has 2 fully saturated rings. The van der Waals surface area contributed by atoms with Gasteiger partial charge in [0.1, 0.15) is 29.6 Å². The van der Waals surface area contributed by atoms with Crippen LogP contribution in [0.4, 0.5) is 24.7 Å². The van der Waals surface area contributed by atoms with E-state index >= 15 is 0 Å². The van der Waals surface area contributed by atoms with Gasteiger partial charge in [-0.25, -0.2) is 13.4 Å². The molecule has 40 heavy (non-hydrogen) atoms. The van der Waals surface area contributed by atoms with Crippen molar-refractivity contribution in [2.45, 2.75) is 30.0 Å². The number of alkyl halides is 3. The highest BCUT2D eigenvalue weighted by Gasteiger charge is 2.39. The molecule has 4 N–H and O–H groups in total. The zero-order valence-corrected chi connectivity index (χ0v) is 22.3. The third-order valence-electron chi connectivity index (χ3n) is 7.61. The normalized spacial score (nSPS) is 19.8. The lowest BCUT2D eigenvalue weighted by Crippen LogP contribution is -2.50. The Bertz CT molecular complexity index is 1550. The predicted molar refractivity (Wildman–Crippen MR) is 140 cm³/mol. The number of rotatable bonds is 4. The van der Waals surface area contributed by atoms with Crippen molar-refractivity contribution in [1.29, 1.82) is 0 Å². The summed E-state index contributed by atoms with van der Waals surface area (Å²) in [5.74, 6) is -0.112. The number of hydrogen-bond donors (Lipinski definition) is 2. The molecule has 5 heterocycles. The van der Waals surface area contributed by atoms with E-state index in [0.717, 1.165) is 29.9 Å². The van der Waals surface area contributed by atoms with Gasteiger partial charge in [0.25, 0.3) is 0 Å². The van der Waals surface area contributed by atoms with Crippen molar-refractivity contribution >= 4 is 32.6 Å². The number of nitrogen functional groups attached to an aromatic ring is 2. The summed E-state index contributed by atoms with van der Waals surface area (Å²) < 4.78 is 89.1. The van der Waals surface area contributed by atoms with Crippen LogP contribution < -0.4 is 20.9 Å². The lowest BCUT2D eigenvalue weighted by atomic mass is 10.0. The first-order valence-electron chi connectivity index (χ1n) is 12.9. The van der Waals surface area contributed by atoms with Crippen LogP contribution in [0.15, 0.2) is 29.3 Å². The van der Waals surface area contributed by atoms with Gasteiger partial charge in [0.15, 0.2) is 11.5 Å². The summed E-state index contributed by atoms with van der Waals surface area (Å²) in [5, 5.41) is -0.313. The van der Waals surface area contributed by atoms with Crippen molar-refractivity contribution in [1.82, 2.24) is 18.8 Å². The van der Waals surface area contributed by atoms with E-state index in [-0.39, 0.29) is 63.9 Å². The van der Waals surface area contributed by atoms with Gasteiger partial charge in [-0.15, -0.1) is 0 Å². The number of morpholine rings is 1. The maximum atomic E-state index is 14.0. The van der Waals surface area contributed by atoms with Gasteiger partial charge in [-0.2, -0.15) is 17.5 Å². The van der Waals surface area contributed by atoms with Gasteiger partial charge in [-0.1, -0.05) is 0 Å². The largest absolute Gasteiger partial charge is 0.485 e. The van der Waals surface area contributed by atoms with Crippen LogP contribution in [0.25, 0.3) is 16.7 Å². The number of hydrogen-bond acceptors (Lipinski definition) is 9. The van der Waals surface area contributed by atoms with Crippen molar-refractivity contribution in [3.63, 3.8) is 0 Å². The number of nitrogens with zero attached hydrogens (tertiary/aromatic N) is 4. The van der Waals surface area contributed by atoms with Crippen LogP contribution in [0.5, 0.6) is 11.5 Å². The predicted octanol–water partition coefficient (Wildman–Crippen LogP) is 2.47. The van der Waals surface area contributed by atoms with E-state index in [4.69, 9.17) is 25.7 Å². The van der Waals surface area contributed by atoms with Gasteiger partial charge in [-0.05, 0) is 25.0 Å². The summed E-state index contributed by atoms with van der Waals surface area (Å²) in [5.41, 5.74) is 10.5. The number of nitrogens with two attached hydrogens (primary N) is 2. The lowest BCUT2D eigenvalue weighted by Gasteiger charge is -2.39. The van der Waals surface area contributed by atoms with E-state index in [1.807, 2.05) is 0 Å². The molecule has 11 nitrogen and oxygen atoms in total. The zero-order chi connectivity index (χ0) is 28.2. The van der Waals surface area contributed by atoms with E-state index in [0.29, 0.717) is 39.1 Å². The SMILES string of the molecule is Nc1cc(N)c2c(C(F)(F)F)cn(-c3ccc(S(=O)(=O)N4CCC(N5CCOCC5)CC4)c4c3OCCO4)c2n1. The molecule has 216 valence electrons. The third kappa shape index (κ3) is 4.60. The molecule has 6 rings (SSSR count). The summed E-state index contributed by atoms with van der Waals surface area (Å²) in [6.07, 6.45) is -2.52. The number of pyridine rings is 1. The van der Waals surface area contributed by atoms with Crippen molar-refractivity contribution in [2.24, 2.45) is 0 Å². The first-order chi connectivity index (χ1) is 19.1. The molecule has 0 aliphatic carbocycles. The quantitative estimate of drug-likeness (QED) is 0.475. The van der Waals surface area contributed by atoms with E-state index < -0.39 is 21.8 Å². The van der Waals surface area contributed by atoms with Gasteiger partial charge in [0.05, 0.1) is 29.9 Å². The minimum atomic E-state index is -4.73. The number of halogens is 3. The summed E-state index contributed by atoms with van der Waals surface area (Å²) in [6.45, 7) is 3.83. The highest BCUT2D eigenvalue weighted by atomic mass is 32.2. The minimum Gasteiger partial charge on any atom is -0.485 e. The summed E-state index contributed by atoms with van der Waals surface area (Å²) >= 11 is 0. The van der Waals surface area contributed by atoms with Gasteiger partial charge >= 0.3 is 6.18 Å². The molecule has 2 aromatic heterocycles. The highest BCUT2D eigenvalue weighted by Crippen LogP contribution is 2.46. The molecule has 0 spiro atoms. The molecule has 3 aromatic rings. The Morgan fingerprint density at radius 3 is 2.30 bits per heavy atom. The molecule has 0 radical (unpaired) electrons. The van der Waals surface area contributed by atoms with Crippen molar-refractivity contribution in [3.8, 4) is 17.2 Å². The molecule has 0 unspecified atom stereocenters. The zero-order valence-electron chi connectivity index (χ0n) is 21.5. The summed E-state index contributed by atoms with van der Waals surface area (Å²) in [4.78, 5) is 6.35. The van der Waals surface area contributed by atoms with E-state index in [9.17, 15) is 21.6 Å². The fourth-order valence-corrected chi connectivity index (χ4v) is 7.29. The molecular formula is C25H29F3N6O5S. The molecular weight excluding hydrogens is 553 g/mol. The highest BCUT2D eigenvalue weighted by molar-refractivity contribution is 7.89. The van der Waals surface area contributed by atoms with Gasteiger partial charge in [-0.3, -0.25) is 9.47 Å². The molecule has 1 aromatic carbocycles. The molecule has 3 aliphatic heterocycles. The van der Waals surface area contributed by atoms with E-state index in [1.54, 1.807) is 0 Å². The maximum absolute atomic E-state index is 14.0. The Balaban J connectivity index is 1.39. The van der Waals surface area contributed by atoms with Crippen LogP contribution in [0, 0.1) is 0 Å². The smallest absolute Gasteiger partial charge is 0.418 e. The Morgan fingerprint density at radius 1 is 0.950 bits per heavy atom. The Kier molecular flexibility index (Phi) is 6.71. The Hall–Kier alpha value is -3.27. The lowest BCUT2D eigenvalue weighted by molar-refractivity contribution is -0.136. The number of sulfonamides is 1. The standard InChI is InChI=1S/C25H29F3N6O5S/c26-25(27,28)16-14-34(24-21(16)17(29)13-20(30)31-24)18-1-2-19(23-22(18)38-11-12-39-23)40(35,36)33-5-3-15(4-6-33)32-7-9-37-10-8-32/h1-2,13-15H,3-12H2,(H4,29,30,31). The number of anilines is 2. The fraction of sp³-hybridized carbons (Fsp3) is 0.480. The molecule has 2 saturated heterocycles. The second-order valence-electron chi connectivity index (χ2n) is 9.97. The van der Waals surface area contributed by atoms with Crippen molar-refractivity contribution < 1.29 is 35.8 Å². The van der Waals surface area contributed by atoms with E-state index in [1.165, 1.54) is 16.4 Å². The number of fused-ring (bicyclic) bond motifs is 2. The topological polar surface area (TPSA) is 138 Å². The molecule has 3 aliphatic rings. The van der Waals surface area contributed by atoms with Crippen LogP contribution >= 0.6 is 0 Å². The first-order valence-corrected chi connectivity index (χ1v) is 14.4. The summed E-state index contributed by atoms with van der Waals surface area (Å²) in [7, 11) is -3.99. The van der Waals surface area contributed by atoms with Crippen LogP contribution in [0.1, 0.15) is 18.4 Å². The Labute approximate surface area is 228 Å². The molecule has 0 amide bonds. The molecule has 0 atom stereocenters. The van der Waals surface area contributed by atoms with Crippen molar-refractivity contribution in [3.05, 3.63) is 30.0 Å². The van der Waals surface area contributed by atoms with Gasteiger partial charge < -0.3 is 25.7 Å². The fourth-order valence-electron chi connectivity index (χ4n) is 5.69. The number of piperidine rings is 1.